The van der Waals surface area contributed by atoms with Crippen molar-refractivity contribution in [2.75, 3.05) is 12.8 Å². The molecule has 3 N–H and O–H groups in total. The summed E-state index contributed by atoms with van der Waals surface area (Å²) in [5.41, 5.74) is 7.49. The molecule has 0 bridgehead atoms. The van der Waals surface area contributed by atoms with E-state index in [1.54, 1.807) is 37.4 Å². The van der Waals surface area contributed by atoms with Crippen LogP contribution in [0.2, 0.25) is 0 Å². The van der Waals surface area contributed by atoms with Gasteiger partial charge in [-0.3, -0.25) is 4.79 Å². The molecule has 0 radical (unpaired) electrons. The third-order valence-electron chi connectivity index (χ3n) is 3.09. The first kappa shape index (κ1) is 12.2. The van der Waals surface area contributed by atoms with E-state index < -0.39 is 0 Å². The molecule has 0 spiro atoms. The lowest BCUT2D eigenvalue weighted by atomic mass is 10.1. The van der Waals surface area contributed by atoms with E-state index in [4.69, 9.17) is 10.5 Å². The smallest absolute Gasteiger partial charge is 0.259 e. The molecule has 3 rings (SSSR count). The van der Waals surface area contributed by atoms with Gasteiger partial charge < -0.3 is 15.5 Å². The molecule has 20 heavy (non-hydrogen) atoms. The number of ether oxygens (including phenoxy) is 1. The van der Waals surface area contributed by atoms with E-state index in [1.807, 2.05) is 12.1 Å². The van der Waals surface area contributed by atoms with E-state index in [0.717, 1.165) is 0 Å². The number of nitrogens with zero attached hydrogens (tertiary/aromatic N) is 1. The first-order chi connectivity index (χ1) is 9.69. The Labute approximate surface area is 115 Å². The van der Waals surface area contributed by atoms with Crippen molar-refractivity contribution in [1.29, 1.82) is 0 Å². The summed E-state index contributed by atoms with van der Waals surface area (Å²) in [5, 5.41) is 0.561. The number of anilines is 1. The van der Waals surface area contributed by atoms with Gasteiger partial charge in [0, 0.05) is 11.8 Å². The highest BCUT2D eigenvalue weighted by Crippen LogP contribution is 2.29. The van der Waals surface area contributed by atoms with Crippen molar-refractivity contribution in [1.82, 2.24) is 9.97 Å². The average molecular weight is 267 g/mol. The topological polar surface area (TPSA) is 81.0 Å². The number of nitrogen functional groups attached to an aromatic ring is 1. The van der Waals surface area contributed by atoms with E-state index in [1.165, 1.54) is 0 Å². The number of fused-ring (bicyclic) bond motifs is 1. The number of benzene rings is 2. The molecule has 1 heterocycles. The van der Waals surface area contributed by atoms with Gasteiger partial charge in [0.15, 0.2) is 0 Å². The van der Waals surface area contributed by atoms with Crippen molar-refractivity contribution >= 4 is 16.6 Å². The summed E-state index contributed by atoms with van der Waals surface area (Å²) < 4.78 is 5.29. The van der Waals surface area contributed by atoms with Crippen LogP contribution >= 0.6 is 0 Å². The van der Waals surface area contributed by atoms with Gasteiger partial charge in [-0.25, -0.2) is 4.98 Å². The molecule has 0 aliphatic carbocycles. The molecule has 0 amide bonds. The summed E-state index contributed by atoms with van der Waals surface area (Å²) in [5.74, 6) is 1.04. The van der Waals surface area contributed by atoms with Gasteiger partial charge in [-0.1, -0.05) is 12.1 Å². The number of hydrogen-bond donors (Lipinski definition) is 2. The van der Waals surface area contributed by atoms with Crippen LogP contribution in [0.15, 0.2) is 47.3 Å². The zero-order valence-corrected chi connectivity index (χ0v) is 10.9. The van der Waals surface area contributed by atoms with Crippen molar-refractivity contribution in [3.05, 3.63) is 52.8 Å². The van der Waals surface area contributed by atoms with Crippen LogP contribution in [0, 0.1) is 0 Å². The summed E-state index contributed by atoms with van der Waals surface area (Å²) in [7, 11) is 1.55. The van der Waals surface area contributed by atoms with Gasteiger partial charge in [0.2, 0.25) is 0 Å². The summed E-state index contributed by atoms with van der Waals surface area (Å²) in [6.07, 6.45) is 0. The lowest BCUT2D eigenvalue weighted by Gasteiger charge is -2.09. The average Bonchev–Trinajstić information content (AvgIpc) is 2.47. The third-order valence-corrected chi connectivity index (χ3v) is 3.09. The van der Waals surface area contributed by atoms with E-state index in [-0.39, 0.29) is 5.56 Å². The zero-order valence-electron chi connectivity index (χ0n) is 10.9. The number of H-pyrrole nitrogens is 1. The van der Waals surface area contributed by atoms with Crippen LogP contribution in [0.25, 0.3) is 22.3 Å². The fourth-order valence-corrected chi connectivity index (χ4v) is 2.12. The van der Waals surface area contributed by atoms with Gasteiger partial charge in [0.1, 0.15) is 11.6 Å². The minimum atomic E-state index is -0.176. The third kappa shape index (κ3) is 1.99. The molecule has 0 saturated heterocycles. The molecular formula is C15H13N3O2. The van der Waals surface area contributed by atoms with Crippen molar-refractivity contribution in [2.45, 2.75) is 0 Å². The van der Waals surface area contributed by atoms with Crippen LogP contribution in [-0.4, -0.2) is 17.1 Å². The van der Waals surface area contributed by atoms with Crippen LogP contribution in [0.5, 0.6) is 5.75 Å². The molecule has 5 heteroatoms. The van der Waals surface area contributed by atoms with Crippen LogP contribution < -0.4 is 16.0 Å². The standard InChI is InChI=1S/C15H13N3O2/c1-20-13-8-9(16)6-7-11(13)14-17-12-5-3-2-4-10(12)15(19)18-14/h2-8H,16H2,1H3,(H,17,18,19). The second-order valence-corrected chi connectivity index (χ2v) is 4.39. The second-order valence-electron chi connectivity index (χ2n) is 4.39. The number of aromatic amines is 1. The SMILES string of the molecule is COc1cc(N)ccc1-c1nc2ccccc2c(=O)[nH]1. The normalized spacial score (nSPS) is 10.7. The van der Waals surface area contributed by atoms with Gasteiger partial charge >= 0.3 is 0 Å². The Morgan fingerprint density at radius 2 is 2.00 bits per heavy atom. The first-order valence-corrected chi connectivity index (χ1v) is 6.12. The molecule has 1 aromatic heterocycles. The van der Waals surface area contributed by atoms with E-state index in [9.17, 15) is 4.79 Å². The zero-order chi connectivity index (χ0) is 14.1. The highest BCUT2D eigenvalue weighted by atomic mass is 16.5. The molecule has 0 aliphatic heterocycles. The number of nitrogens with one attached hydrogen (secondary N) is 1. The minimum absolute atomic E-state index is 0.176. The lowest BCUT2D eigenvalue weighted by molar-refractivity contribution is 0.416. The maximum atomic E-state index is 12.1. The Bertz CT molecular complexity index is 840. The summed E-state index contributed by atoms with van der Waals surface area (Å²) in [6, 6.07) is 12.4. The lowest BCUT2D eigenvalue weighted by Crippen LogP contribution is -2.09. The molecule has 5 nitrogen and oxygen atoms in total. The number of hydrogen-bond acceptors (Lipinski definition) is 4. The van der Waals surface area contributed by atoms with Crippen molar-refractivity contribution in [3.8, 4) is 17.1 Å². The quantitative estimate of drug-likeness (QED) is 0.697. The molecule has 100 valence electrons. The summed E-state index contributed by atoms with van der Waals surface area (Å²) in [4.78, 5) is 19.3. The summed E-state index contributed by atoms with van der Waals surface area (Å²) >= 11 is 0. The van der Waals surface area contributed by atoms with Crippen LogP contribution in [0.4, 0.5) is 5.69 Å². The highest BCUT2D eigenvalue weighted by Gasteiger charge is 2.10. The molecule has 3 aromatic rings. The maximum Gasteiger partial charge on any atom is 0.259 e. The second kappa shape index (κ2) is 4.70. The van der Waals surface area contributed by atoms with E-state index >= 15 is 0 Å². The van der Waals surface area contributed by atoms with Crippen LogP contribution in [0.1, 0.15) is 0 Å². The van der Waals surface area contributed by atoms with Crippen molar-refractivity contribution in [3.63, 3.8) is 0 Å². The first-order valence-electron chi connectivity index (χ1n) is 6.12. The van der Waals surface area contributed by atoms with Gasteiger partial charge in [-0.15, -0.1) is 0 Å². The molecule has 0 atom stereocenters. The number of rotatable bonds is 2. The Balaban J connectivity index is 2.27. The van der Waals surface area contributed by atoms with Gasteiger partial charge in [0.25, 0.3) is 5.56 Å². The number of methoxy groups -OCH3 is 1. The van der Waals surface area contributed by atoms with Crippen LogP contribution in [-0.2, 0) is 0 Å². The van der Waals surface area contributed by atoms with E-state index in [2.05, 4.69) is 9.97 Å². The predicted molar refractivity (Wildman–Crippen MR) is 78.8 cm³/mol. The molecule has 0 unspecified atom stereocenters. The molecular weight excluding hydrogens is 254 g/mol. The van der Waals surface area contributed by atoms with Gasteiger partial charge in [-0.05, 0) is 24.3 Å². The number of nitrogens with two attached hydrogens (primary N) is 1. The Kier molecular flexibility index (Phi) is 2.87. The van der Waals surface area contributed by atoms with Crippen molar-refractivity contribution in [2.24, 2.45) is 0 Å². The number of aromatic nitrogens is 2. The largest absolute Gasteiger partial charge is 0.496 e. The molecule has 2 aromatic carbocycles. The van der Waals surface area contributed by atoms with Crippen molar-refractivity contribution < 1.29 is 4.74 Å². The Morgan fingerprint density at radius 1 is 1.20 bits per heavy atom. The predicted octanol–water partition coefficient (Wildman–Crippen LogP) is 2.18. The van der Waals surface area contributed by atoms with E-state index in [0.29, 0.717) is 33.7 Å². The number of para-hydroxylation sites is 1. The monoisotopic (exact) mass is 267 g/mol. The fraction of sp³-hybridized carbons (Fsp3) is 0.0667. The van der Waals surface area contributed by atoms with Gasteiger partial charge in [0.05, 0.1) is 23.6 Å². The maximum absolute atomic E-state index is 12.1. The van der Waals surface area contributed by atoms with Crippen LogP contribution in [0.3, 0.4) is 0 Å². The Morgan fingerprint density at radius 3 is 2.80 bits per heavy atom. The highest BCUT2D eigenvalue weighted by molar-refractivity contribution is 5.80. The molecule has 0 saturated carbocycles. The minimum Gasteiger partial charge on any atom is -0.496 e. The van der Waals surface area contributed by atoms with Gasteiger partial charge in [-0.2, -0.15) is 0 Å². The molecule has 0 aliphatic rings. The molecule has 0 fully saturated rings. The fourth-order valence-electron chi connectivity index (χ4n) is 2.12. The summed E-state index contributed by atoms with van der Waals surface area (Å²) in [6.45, 7) is 0. The Hall–Kier alpha value is -2.82.